The van der Waals surface area contributed by atoms with Gasteiger partial charge >= 0.3 is 0 Å². The summed E-state index contributed by atoms with van der Waals surface area (Å²) in [7, 11) is 3.66. The van der Waals surface area contributed by atoms with Crippen LogP contribution < -0.4 is 25.3 Å². The van der Waals surface area contributed by atoms with E-state index in [4.69, 9.17) is 9.57 Å². The Bertz CT molecular complexity index is 1420. The van der Waals surface area contributed by atoms with Crippen LogP contribution in [0.25, 0.3) is 0 Å². The minimum Gasteiger partial charge on any atom is -0.494 e. The zero-order valence-electron chi connectivity index (χ0n) is 23.2. The average Bonchev–Trinajstić information content (AvgIpc) is 3.43. The molecule has 0 spiro atoms. The summed E-state index contributed by atoms with van der Waals surface area (Å²) in [6, 6.07) is 8.57. The van der Waals surface area contributed by atoms with E-state index in [1.54, 1.807) is 19.2 Å². The molecule has 41 heavy (non-hydrogen) atoms. The Labute approximate surface area is 237 Å². The lowest BCUT2D eigenvalue weighted by atomic mass is 10.0. The maximum Gasteiger partial charge on any atom is 0.247 e. The van der Waals surface area contributed by atoms with Crippen molar-refractivity contribution in [1.29, 1.82) is 0 Å². The first-order valence-corrected chi connectivity index (χ1v) is 13.3. The molecule has 2 aromatic carbocycles. The summed E-state index contributed by atoms with van der Waals surface area (Å²) < 4.78 is 33.6. The molecule has 2 fully saturated rings. The average molecular weight is 566 g/mol. The molecule has 3 heterocycles. The molecule has 0 saturated carbocycles. The molecular weight excluding hydrogens is 532 g/mol. The van der Waals surface area contributed by atoms with E-state index in [1.165, 1.54) is 29.6 Å². The van der Waals surface area contributed by atoms with Gasteiger partial charge < -0.3 is 25.2 Å². The molecule has 5 rings (SSSR count). The first-order chi connectivity index (χ1) is 19.7. The number of hydrogen-bond donors (Lipinski definition) is 2. The third-order valence-electron chi connectivity index (χ3n) is 7.22. The molecule has 1 amide bonds. The molecule has 2 aliphatic heterocycles. The van der Waals surface area contributed by atoms with Crippen LogP contribution in [0.2, 0.25) is 0 Å². The van der Waals surface area contributed by atoms with Gasteiger partial charge in [0.1, 0.15) is 29.5 Å². The number of nitrogens with one attached hydrogen (secondary N) is 2. The maximum atomic E-state index is 13.9. The molecule has 0 unspecified atom stereocenters. The number of amides is 1. The van der Waals surface area contributed by atoms with Gasteiger partial charge in [-0.05, 0) is 43.8 Å². The highest BCUT2D eigenvalue weighted by Gasteiger charge is 2.30. The zero-order chi connectivity index (χ0) is 29.1. The van der Waals surface area contributed by atoms with Crippen molar-refractivity contribution >= 4 is 34.6 Å². The highest BCUT2D eigenvalue weighted by Crippen LogP contribution is 2.40. The van der Waals surface area contributed by atoms with Gasteiger partial charge in [0.05, 0.1) is 36.8 Å². The van der Waals surface area contributed by atoms with Gasteiger partial charge in [-0.15, -0.1) is 0 Å². The van der Waals surface area contributed by atoms with Crippen molar-refractivity contribution in [2.24, 2.45) is 0 Å². The Kier molecular flexibility index (Phi) is 8.31. The first-order valence-electron chi connectivity index (χ1n) is 13.3. The second-order valence-electron chi connectivity index (χ2n) is 10.1. The minimum atomic E-state index is -0.655. The number of benzene rings is 2. The number of hydroxylamine groups is 1. The minimum absolute atomic E-state index is 0.209. The molecule has 0 aliphatic carbocycles. The molecule has 2 N–H and O–H groups in total. The normalized spacial score (nSPS) is 19.2. The van der Waals surface area contributed by atoms with Gasteiger partial charge in [0, 0.05) is 50.3 Å². The highest BCUT2D eigenvalue weighted by molar-refractivity contribution is 6.02. The number of nitrogens with zero attached hydrogens (tertiary/aromatic N) is 5. The molecule has 216 valence electrons. The van der Waals surface area contributed by atoms with Crippen LogP contribution in [0.4, 0.5) is 37.5 Å². The number of piperazine rings is 1. The van der Waals surface area contributed by atoms with E-state index in [-0.39, 0.29) is 11.9 Å². The molecule has 2 saturated heterocycles. The van der Waals surface area contributed by atoms with Gasteiger partial charge in [0.15, 0.2) is 5.82 Å². The predicted molar refractivity (Wildman–Crippen MR) is 154 cm³/mol. The molecule has 2 atom stereocenters. The van der Waals surface area contributed by atoms with Crippen molar-refractivity contribution in [2.75, 3.05) is 61.0 Å². The Morgan fingerprint density at radius 1 is 1.12 bits per heavy atom. The molecule has 0 radical (unpaired) electrons. The van der Waals surface area contributed by atoms with Gasteiger partial charge in [0.2, 0.25) is 5.91 Å². The van der Waals surface area contributed by atoms with Crippen LogP contribution in [0.5, 0.6) is 5.75 Å². The van der Waals surface area contributed by atoms with Crippen LogP contribution in [0.3, 0.4) is 0 Å². The van der Waals surface area contributed by atoms with E-state index in [0.717, 1.165) is 31.4 Å². The number of hydrogen-bond acceptors (Lipinski definition) is 9. The number of anilines is 5. The number of methoxy groups -OCH3 is 1. The maximum absolute atomic E-state index is 13.9. The number of aromatic nitrogens is 2. The van der Waals surface area contributed by atoms with Crippen LogP contribution in [0.1, 0.15) is 24.9 Å². The number of ether oxygens (including phenoxy) is 1. The zero-order valence-corrected chi connectivity index (χ0v) is 23.2. The van der Waals surface area contributed by atoms with Crippen molar-refractivity contribution in [1.82, 2.24) is 14.9 Å². The third kappa shape index (κ3) is 6.23. The molecule has 1 aromatic heterocycles. The van der Waals surface area contributed by atoms with Crippen molar-refractivity contribution in [3.05, 3.63) is 72.6 Å². The summed E-state index contributed by atoms with van der Waals surface area (Å²) >= 11 is 0. The van der Waals surface area contributed by atoms with E-state index in [2.05, 4.69) is 51.0 Å². The quantitative estimate of drug-likeness (QED) is 0.379. The van der Waals surface area contributed by atoms with Crippen molar-refractivity contribution in [3.8, 4) is 5.75 Å². The number of carbonyl (C=O) groups excluding carboxylic acids is 1. The standard InChI is InChI=1S/C29H33F2N7O3/c1-5-29(39)35-22-13-23(26(40-4)14-25(22)37-8-7-36(3)16-18(37)2)34-27-15-28(33-17-32-27)38-24(6-9-41-38)19-10-20(30)12-21(31)11-19/h5,10-15,17-18,24H,1,6-9,16H2,2-4H3,(H,35,39)(H,32,33,34)/t18-,24+/m0/s1. The number of rotatable bonds is 8. The van der Waals surface area contributed by atoms with Gasteiger partial charge in [-0.2, -0.15) is 0 Å². The fourth-order valence-corrected chi connectivity index (χ4v) is 5.29. The summed E-state index contributed by atoms with van der Waals surface area (Å²) in [5, 5.41) is 7.72. The largest absolute Gasteiger partial charge is 0.494 e. The van der Waals surface area contributed by atoms with Crippen LogP contribution in [0.15, 0.2) is 55.4 Å². The van der Waals surface area contributed by atoms with Crippen LogP contribution in [-0.4, -0.2) is 67.2 Å². The summed E-state index contributed by atoms with van der Waals surface area (Å²) in [6.45, 7) is 8.63. The molecule has 12 heteroatoms. The van der Waals surface area contributed by atoms with E-state index in [0.29, 0.717) is 47.4 Å². The summed E-state index contributed by atoms with van der Waals surface area (Å²) in [5.74, 6) is -0.255. The summed E-state index contributed by atoms with van der Waals surface area (Å²) in [5.41, 5.74) is 2.45. The first kappa shape index (κ1) is 28.2. The number of likely N-dealkylation sites (N-methyl/N-ethyl adjacent to an activating group) is 1. The monoisotopic (exact) mass is 565 g/mol. The Morgan fingerprint density at radius 3 is 2.61 bits per heavy atom. The van der Waals surface area contributed by atoms with E-state index in [9.17, 15) is 13.6 Å². The molecule has 3 aromatic rings. The highest BCUT2D eigenvalue weighted by atomic mass is 19.1. The van der Waals surface area contributed by atoms with Crippen LogP contribution in [0, 0.1) is 11.6 Å². The van der Waals surface area contributed by atoms with Crippen molar-refractivity contribution < 1.29 is 23.1 Å². The lowest BCUT2D eigenvalue weighted by Gasteiger charge is -2.40. The summed E-state index contributed by atoms with van der Waals surface area (Å²) in [4.78, 5) is 31.3. The Balaban J connectivity index is 1.46. The van der Waals surface area contributed by atoms with Gasteiger partial charge in [0.25, 0.3) is 0 Å². The SMILES string of the molecule is C=CC(=O)Nc1cc(Nc2cc(N3OCC[C@@H]3c3cc(F)cc(F)c3)ncn2)c(OC)cc1N1CCN(C)C[C@@H]1C. The smallest absolute Gasteiger partial charge is 0.247 e. The van der Waals surface area contributed by atoms with Crippen molar-refractivity contribution in [2.45, 2.75) is 25.4 Å². The Hall–Kier alpha value is -4.29. The number of carbonyl (C=O) groups is 1. The van der Waals surface area contributed by atoms with Crippen molar-refractivity contribution in [3.63, 3.8) is 0 Å². The molecular formula is C29H33F2N7O3. The van der Waals surface area contributed by atoms with Crippen LogP contribution in [-0.2, 0) is 9.63 Å². The molecule has 2 aliphatic rings. The number of halogens is 2. The second kappa shape index (κ2) is 12.1. The van der Waals surface area contributed by atoms with Gasteiger partial charge in [-0.3, -0.25) is 9.63 Å². The predicted octanol–water partition coefficient (Wildman–Crippen LogP) is 4.65. The summed E-state index contributed by atoms with van der Waals surface area (Å²) in [6.07, 6.45) is 3.12. The van der Waals surface area contributed by atoms with E-state index in [1.807, 2.05) is 6.07 Å². The molecule has 10 nitrogen and oxygen atoms in total. The van der Waals surface area contributed by atoms with E-state index < -0.39 is 17.7 Å². The Morgan fingerprint density at radius 2 is 1.90 bits per heavy atom. The fourth-order valence-electron chi connectivity index (χ4n) is 5.29. The third-order valence-corrected chi connectivity index (χ3v) is 7.22. The van der Waals surface area contributed by atoms with Gasteiger partial charge in [-0.1, -0.05) is 6.58 Å². The van der Waals surface area contributed by atoms with E-state index >= 15 is 0 Å². The lowest BCUT2D eigenvalue weighted by molar-refractivity contribution is -0.111. The topological polar surface area (TPSA) is 95.1 Å². The van der Waals surface area contributed by atoms with Crippen LogP contribution >= 0.6 is 0 Å². The lowest BCUT2D eigenvalue weighted by Crippen LogP contribution is -2.50. The fraction of sp³-hybridized carbons (Fsp3) is 0.345. The van der Waals surface area contributed by atoms with Gasteiger partial charge in [-0.25, -0.2) is 23.8 Å². The molecule has 0 bridgehead atoms. The second-order valence-corrected chi connectivity index (χ2v) is 10.1.